The van der Waals surface area contributed by atoms with Crippen molar-refractivity contribution in [3.05, 3.63) is 45.9 Å². The molecule has 1 amide bonds. The molecular formula is C17H23N5OS. The van der Waals surface area contributed by atoms with E-state index in [0.29, 0.717) is 19.0 Å². The first-order chi connectivity index (χ1) is 11.6. The predicted octanol–water partition coefficient (Wildman–Crippen LogP) is 2.53. The van der Waals surface area contributed by atoms with Gasteiger partial charge in [0.2, 0.25) is 5.91 Å². The number of carbonyl (C=O) groups is 1. The maximum Gasteiger partial charge on any atom is 0.221 e. The van der Waals surface area contributed by atoms with E-state index in [0.717, 1.165) is 22.7 Å². The average Bonchev–Trinajstić information content (AvgIpc) is 3.03. The number of aromatic nitrogens is 1. The normalized spacial score (nSPS) is 11.2. The van der Waals surface area contributed by atoms with Gasteiger partial charge in [0.1, 0.15) is 5.01 Å². The van der Waals surface area contributed by atoms with Crippen LogP contribution in [0.5, 0.6) is 0 Å². The summed E-state index contributed by atoms with van der Waals surface area (Å²) in [4.78, 5) is 21.0. The van der Waals surface area contributed by atoms with Gasteiger partial charge in [-0.3, -0.25) is 9.79 Å². The van der Waals surface area contributed by atoms with E-state index in [4.69, 9.17) is 0 Å². The zero-order valence-corrected chi connectivity index (χ0v) is 15.0. The summed E-state index contributed by atoms with van der Waals surface area (Å²) in [7, 11) is 1.74. The van der Waals surface area contributed by atoms with Crippen molar-refractivity contribution in [3.8, 4) is 0 Å². The summed E-state index contributed by atoms with van der Waals surface area (Å²) in [5.74, 6) is 0.640. The molecule has 128 valence electrons. The van der Waals surface area contributed by atoms with E-state index in [1.807, 2.05) is 30.5 Å². The van der Waals surface area contributed by atoms with Crippen molar-refractivity contribution in [3.63, 3.8) is 0 Å². The predicted molar refractivity (Wildman–Crippen MR) is 99.3 cm³/mol. The summed E-state index contributed by atoms with van der Waals surface area (Å²) in [6, 6.07) is 7.72. The number of nitrogens with one attached hydrogen (secondary N) is 3. The molecule has 0 fully saturated rings. The Bertz CT molecular complexity index is 711. The molecule has 2 rings (SSSR count). The minimum absolute atomic E-state index is 0.0764. The second kappa shape index (κ2) is 9.02. The van der Waals surface area contributed by atoms with Gasteiger partial charge in [-0.05, 0) is 24.1 Å². The van der Waals surface area contributed by atoms with Crippen LogP contribution in [0.25, 0.3) is 0 Å². The Morgan fingerprint density at radius 3 is 2.75 bits per heavy atom. The average molecular weight is 345 g/mol. The molecule has 0 unspecified atom stereocenters. The lowest BCUT2D eigenvalue weighted by Crippen LogP contribution is -2.36. The van der Waals surface area contributed by atoms with Crippen LogP contribution >= 0.6 is 11.3 Å². The maximum absolute atomic E-state index is 11.1. The molecule has 2 aromatic rings. The number of amides is 1. The topological polar surface area (TPSA) is 78.4 Å². The molecule has 24 heavy (non-hydrogen) atoms. The van der Waals surface area contributed by atoms with E-state index < -0.39 is 0 Å². The number of benzene rings is 1. The zero-order chi connectivity index (χ0) is 17.4. The van der Waals surface area contributed by atoms with E-state index in [2.05, 4.69) is 32.9 Å². The molecule has 0 spiro atoms. The van der Waals surface area contributed by atoms with Crippen LogP contribution in [0.3, 0.4) is 0 Å². The Kier molecular flexibility index (Phi) is 6.74. The van der Waals surface area contributed by atoms with Crippen molar-refractivity contribution in [1.82, 2.24) is 15.6 Å². The zero-order valence-electron chi connectivity index (χ0n) is 14.2. The van der Waals surface area contributed by atoms with Crippen LogP contribution in [0.15, 0.2) is 35.5 Å². The van der Waals surface area contributed by atoms with Crippen LogP contribution in [0.4, 0.5) is 5.69 Å². The number of anilines is 1. The van der Waals surface area contributed by atoms with Crippen LogP contribution < -0.4 is 16.0 Å². The summed E-state index contributed by atoms with van der Waals surface area (Å²) in [6.45, 7) is 4.89. The van der Waals surface area contributed by atoms with E-state index in [9.17, 15) is 4.79 Å². The first-order valence-electron chi connectivity index (χ1n) is 7.85. The summed E-state index contributed by atoms with van der Waals surface area (Å²) < 4.78 is 0. The van der Waals surface area contributed by atoms with Crippen LogP contribution in [0.1, 0.15) is 29.3 Å². The van der Waals surface area contributed by atoms with Gasteiger partial charge in [-0.2, -0.15) is 0 Å². The summed E-state index contributed by atoms with van der Waals surface area (Å²) in [5, 5.41) is 10.3. The van der Waals surface area contributed by atoms with Crippen molar-refractivity contribution < 1.29 is 4.79 Å². The maximum atomic E-state index is 11.1. The van der Waals surface area contributed by atoms with Crippen molar-refractivity contribution in [1.29, 1.82) is 0 Å². The highest BCUT2D eigenvalue weighted by atomic mass is 32.1. The first kappa shape index (κ1) is 17.9. The lowest BCUT2D eigenvalue weighted by molar-refractivity contribution is -0.114. The number of aliphatic imine (C=N–C) groups is 1. The highest BCUT2D eigenvalue weighted by Crippen LogP contribution is 2.13. The minimum Gasteiger partial charge on any atom is -0.352 e. The molecule has 0 aliphatic rings. The van der Waals surface area contributed by atoms with Crippen molar-refractivity contribution in [2.75, 3.05) is 12.4 Å². The number of guanidine groups is 1. The third-order valence-electron chi connectivity index (χ3n) is 3.29. The molecule has 0 bridgehead atoms. The molecule has 0 saturated heterocycles. The van der Waals surface area contributed by atoms with Gasteiger partial charge in [-0.1, -0.05) is 19.1 Å². The summed E-state index contributed by atoms with van der Waals surface area (Å²) in [5.41, 5.74) is 1.85. The number of hydrogen-bond donors (Lipinski definition) is 3. The second-order valence-electron chi connectivity index (χ2n) is 5.23. The fraction of sp³-hybridized carbons (Fsp3) is 0.353. The van der Waals surface area contributed by atoms with E-state index >= 15 is 0 Å². The molecule has 0 radical (unpaired) electrons. The van der Waals surface area contributed by atoms with Gasteiger partial charge in [0.25, 0.3) is 0 Å². The monoisotopic (exact) mass is 345 g/mol. The Labute approximate surface area is 146 Å². The second-order valence-corrected chi connectivity index (χ2v) is 6.43. The van der Waals surface area contributed by atoms with E-state index in [1.165, 1.54) is 11.8 Å². The van der Waals surface area contributed by atoms with Crippen LogP contribution in [-0.4, -0.2) is 23.9 Å². The van der Waals surface area contributed by atoms with Gasteiger partial charge in [0, 0.05) is 37.3 Å². The first-order valence-corrected chi connectivity index (χ1v) is 8.67. The molecule has 1 aromatic heterocycles. The minimum atomic E-state index is -0.0764. The fourth-order valence-electron chi connectivity index (χ4n) is 2.12. The Morgan fingerprint density at radius 1 is 1.29 bits per heavy atom. The number of thiazole rings is 1. The van der Waals surface area contributed by atoms with E-state index in [1.54, 1.807) is 18.4 Å². The van der Waals surface area contributed by atoms with Crippen molar-refractivity contribution in [2.24, 2.45) is 4.99 Å². The highest BCUT2D eigenvalue weighted by Gasteiger charge is 2.03. The third kappa shape index (κ3) is 5.66. The lowest BCUT2D eigenvalue weighted by atomic mass is 10.2. The fourth-order valence-corrected chi connectivity index (χ4v) is 2.92. The van der Waals surface area contributed by atoms with Gasteiger partial charge in [-0.15, -0.1) is 11.3 Å². The van der Waals surface area contributed by atoms with Crippen LogP contribution in [0, 0.1) is 0 Å². The van der Waals surface area contributed by atoms with Crippen molar-refractivity contribution >= 4 is 28.9 Å². The smallest absolute Gasteiger partial charge is 0.221 e. The van der Waals surface area contributed by atoms with Crippen molar-refractivity contribution in [2.45, 2.75) is 33.4 Å². The quantitative estimate of drug-likeness (QED) is 0.555. The summed E-state index contributed by atoms with van der Waals surface area (Å²) in [6.07, 6.45) is 2.93. The molecule has 3 N–H and O–H groups in total. The third-order valence-corrected chi connectivity index (χ3v) is 4.43. The molecule has 6 nitrogen and oxygen atoms in total. The number of nitrogens with zero attached hydrogens (tertiary/aromatic N) is 2. The van der Waals surface area contributed by atoms with Gasteiger partial charge in [-0.25, -0.2) is 4.98 Å². The molecule has 0 saturated carbocycles. The van der Waals surface area contributed by atoms with E-state index in [-0.39, 0.29) is 5.91 Å². The Balaban J connectivity index is 1.86. The van der Waals surface area contributed by atoms with Gasteiger partial charge >= 0.3 is 0 Å². The number of hydrogen-bond acceptors (Lipinski definition) is 4. The lowest BCUT2D eigenvalue weighted by Gasteiger charge is -2.12. The van der Waals surface area contributed by atoms with Gasteiger partial charge < -0.3 is 16.0 Å². The molecule has 7 heteroatoms. The van der Waals surface area contributed by atoms with Crippen LogP contribution in [-0.2, 0) is 24.3 Å². The number of aryl methyl sites for hydroxylation is 1. The number of carbonyl (C=O) groups excluding carboxylic acids is 1. The summed E-state index contributed by atoms with van der Waals surface area (Å²) >= 11 is 1.71. The standard InChI is InChI=1S/C17H23N5OS/c1-4-15-10-19-16(24-15)11-21-17(18-3)20-9-13-6-5-7-14(8-13)22-12(2)23/h5-8,10H,4,9,11H2,1-3H3,(H,22,23)(H2,18,20,21). The molecule has 1 heterocycles. The molecule has 0 atom stereocenters. The largest absolute Gasteiger partial charge is 0.352 e. The highest BCUT2D eigenvalue weighted by molar-refractivity contribution is 7.11. The molecule has 1 aromatic carbocycles. The van der Waals surface area contributed by atoms with Crippen LogP contribution in [0.2, 0.25) is 0 Å². The Morgan fingerprint density at radius 2 is 2.08 bits per heavy atom. The molecule has 0 aliphatic carbocycles. The van der Waals surface area contributed by atoms with Gasteiger partial charge in [0.05, 0.1) is 6.54 Å². The Hall–Kier alpha value is -2.41. The SMILES string of the molecule is CCc1cnc(CNC(=NC)NCc2cccc(NC(C)=O)c2)s1. The van der Waals surface area contributed by atoms with Gasteiger partial charge in [0.15, 0.2) is 5.96 Å². The molecular weight excluding hydrogens is 322 g/mol. The molecule has 0 aliphatic heterocycles. The number of rotatable bonds is 6.